The van der Waals surface area contributed by atoms with Crippen LogP contribution in [0.25, 0.3) is 5.69 Å². The molecule has 0 saturated carbocycles. The highest BCUT2D eigenvalue weighted by Crippen LogP contribution is 2.28. The van der Waals surface area contributed by atoms with Gasteiger partial charge < -0.3 is 24.8 Å². The molecule has 170 valence electrons. The van der Waals surface area contributed by atoms with Gasteiger partial charge in [-0.25, -0.2) is 4.68 Å². The van der Waals surface area contributed by atoms with E-state index in [0.717, 1.165) is 30.9 Å². The maximum absolute atomic E-state index is 10.3. The fourth-order valence-corrected chi connectivity index (χ4v) is 4.02. The van der Waals surface area contributed by atoms with Gasteiger partial charge in [0.05, 0.1) is 12.8 Å². The SMILES string of the molecule is COc1cc(CNCc2cccc(-n3cccn3)c2)ccc1OCC(O)CN1CCCC1. The van der Waals surface area contributed by atoms with Crippen molar-refractivity contribution in [3.8, 4) is 17.2 Å². The van der Waals surface area contributed by atoms with Crippen molar-refractivity contribution in [3.05, 3.63) is 72.1 Å². The molecule has 1 fully saturated rings. The second-order valence-corrected chi connectivity index (χ2v) is 8.18. The lowest BCUT2D eigenvalue weighted by Crippen LogP contribution is -2.33. The molecule has 1 atom stereocenters. The fourth-order valence-electron chi connectivity index (χ4n) is 4.02. The van der Waals surface area contributed by atoms with Crippen molar-refractivity contribution in [2.75, 3.05) is 33.4 Å². The van der Waals surface area contributed by atoms with Crippen molar-refractivity contribution < 1.29 is 14.6 Å². The largest absolute Gasteiger partial charge is 0.493 e. The van der Waals surface area contributed by atoms with Crippen LogP contribution < -0.4 is 14.8 Å². The number of methoxy groups -OCH3 is 1. The summed E-state index contributed by atoms with van der Waals surface area (Å²) in [6.07, 6.45) is 5.64. The number of hydrogen-bond donors (Lipinski definition) is 2. The van der Waals surface area contributed by atoms with Crippen LogP contribution in [0.1, 0.15) is 24.0 Å². The minimum atomic E-state index is -0.503. The summed E-state index contributed by atoms with van der Waals surface area (Å²) >= 11 is 0. The van der Waals surface area contributed by atoms with Gasteiger partial charge in [-0.3, -0.25) is 0 Å². The standard InChI is InChI=1S/C25H32N4O3/c1-31-25-15-21(8-9-24(25)32-19-23(30)18-28-11-2-3-12-28)17-26-16-20-6-4-7-22(14-20)29-13-5-10-27-29/h4-10,13-15,23,26,30H,2-3,11-12,16-19H2,1H3. The van der Waals surface area contributed by atoms with Crippen LogP contribution in [0.2, 0.25) is 0 Å². The van der Waals surface area contributed by atoms with Crippen LogP contribution in [0.15, 0.2) is 60.9 Å². The number of nitrogens with one attached hydrogen (secondary N) is 1. The molecule has 1 saturated heterocycles. The Balaban J connectivity index is 1.27. The molecular weight excluding hydrogens is 404 g/mol. The van der Waals surface area contributed by atoms with E-state index in [-0.39, 0.29) is 6.61 Å². The van der Waals surface area contributed by atoms with E-state index in [9.17, 15) is 5.11 Å². The van der Waals surface area contributed by atoms with Crippen LogP contribution in [0.5, 0.6) is 11.5 Å². The molecule has 0 radical (unpaired) electrons. The zero-order valence-corrected chi connectivity index (χ0v) is 18.6. The van der Waals surface area contributed by atoms with E-state index < -0.39 is 6.10 Å². The Morgan fingerprint density at radius 2 is 1.84 bits per heavy atom. The molecule has 7 heteroatoms. The highest BCUT2D eigenvalue weighted by atomic mass is 16.5. The van der Waals surface area contributed by atoms with Crippen molar-refractivity contribution in [1.82, 2.24) is 20.0 Å². The normalized spacial score (nSPS) is 15.1. The van der Waals surface area contributed by atoms with Crippen molar-refractivity contribution >= 4 is 0 Å². The maximum Gasteiger partial charge on any atom is 0.161 e. The number of aliphatic hydroxyl groups excluding tert-OH is 1. The quantitative estimate of drug-likeness (QED) is 0.482. The van der Waals surface area contributed by atoms with E-state index in [1.165, 1.54) is 18.4 Å². The summed E-state index contributed by atoms with van der Waals surface area (Å²) in [6.45, 7) is 4.51. The Bertz CT molecular complexity index is 971. The van der Waals surface area contributed by atoms with Crippen molar-refractivity contribution in [2.24, 2.45) is 0 Å². The first-order valence-electron chi connectivity index (χ1n) is 11.2. The summed E-state index contributed by atoms with van der Waals surface area (Å²) in [5.41, 5.74) is 3.34. The number of nitrogens with zero attached hydrogens (tertiary/aromatic N) is 3. The molecule has 1 aliphatic rings. The Morgan fingerprint density at radius 3 is 2.59 bits per heavy atom. The van der Waals surface area contributed by atoms with Crippen molar-refractivity contribution in [2.45, 2.75) is 32.0 Å². The summed E-state index contributed by atoms with van der Waals surface area (Å²) in [7, 11) is 1.64. The zero-order valence-electron chi connectivity index (χ0n) is 18.6. The molecule has 4 rings (SSSR count). The number of likely N-dealkylation sites (tertiary alicyclic amines) is 1. The van der Waals surface area contributed by atoms with Gasteiger partial charge >= 0.3 is 0 Å². The van der Waals surface area contributed by atoms with Gasteiger partial charge in [0.2, 0.25) is 0 Å². The molecule has 1 unspecified atom stereocenters. The first-order valence-corrected chi connectivity index (χ1v) is 11.2. The minimum absolute atomic E-state index is 0.261. The average molecular weight is 437 g/mol. The van der Waals surface area contributed by atoms with E-state index in [0.29, 0.717) is 24.6 Å². The van der Waals surface area contributed by atoms with E-state index in [4.69, 9.17) is 9.47 Å². The Hall–Kier alpha value is -2.87. The molecule has 0 bridgehead atoms. The third-order valence-electron chi connectivity index (χ3n) is 5.66. The molecule has 1 aliphatic heterocycles. The van der Waals surface area contributed by atoms with Crippen LogP contribution >= 0.6 is 0 Å². The summed E-state index contributed by atoms with van der Waals surface area (Å²) in [5, 5.41) is 18.0. The molecule has 3 aromatic rings. The lowest BCUT2D eigenvalue weighted by molar-refractivity contribution is 0.0747. The number of ether oxygens (including phenoxy) is 2. The molecular formula is C25H32N4O3. The van der Waals surface area contributed by atoms with Gasteiger partial charge in [0.25, 0.3) is 0 Å². The number of β-amino-alcohol motifs (C(OH)–C–C–N with tert-alkyl or cyclic N) is 1. The van der Waals surface area contributed by atoms with Gasteiger partial charge in [0.1, 0.15) is 12.7 Å². The second-order valence-electron chi connectivity index (χ2n) is 8.18. The monoisotopic (exact) mass is 436 g/mol. The summed E-state index contributed by atoms with van der Waals surface area (Å²) in [6, 6.07) is 16.2. The van der Waals surface area contributed by atoms with Crippen LogP contribution in [0, 0.1) is 0 Å². The van der Waals surface area contributed by atoms with Gasteiger partial charge in [-0.1, -0.05) is 18.2 Å². The van der Waals surface area contributed by atoms with E-state index in [2.05, 4.69) is 27.4 Å². The molecule has 2 N–H and O–H groups in total. The van der Waals surface area contributed by atoms with Crippen LogP contribution in [0.4, 0.5) is 0 Å². The zero-order chi connectivity index (χ0) is 22.2. The van der Waals surface area contributed by atoms with Crippen LogP contribution in [-0.2, 0) is 13.1 Å². The number of benzene rings is 2. The first-order chi connectivity index (χ1) is 15.7. The van der Waals surface area contributed by atoms with E-state index in [1.807, 2.05) is 47.3 Å². The van der Waals surface area contributed by atoms with Gasteiger partial charge in [0.15, 0.2) is 11.5 Å². The van der Waals surface area contributed by atoms with E-state index in [1.54, 1.807) is 13.3 Å². The third kappa shape index (κ3) is 6.09. The van der Waals surface area contributed by atoms with Crippen LogP contribution in [0.3, 0.4) is 0 Å². The fraction of sp³-hybridized carbons (Fsp3) is 0.400. The second kappa shape index (κ2) is 11.1. The average Bonchev–Trinajstić information content (AvgIpc) is 3.53. The highest BCUT2D eigenvalue weighted by molar-refractivity contribution is 5.43. The molecule has 0 aliphatic carbocycles. The predicted molar refractivity (Wildman–Crippen MR) is 124 cm³/mol. The summed E-state index contributed by atoms with van der Waals surface area (Å²) < 4.78 is 13.2. The lowest BCUT2D eigenvalue weighted by Gasteiger charge is -2.20. The molecule has 2 aromatic carbocycles. The first kappa shape index (κ1) is 22.3. The molecule has 1 aromatic heterocycles. The Labute approximate surface area is 189 Å². The molecule has 0 spiro atoms. The molecule has 7 nitrogen and oxygen atoms in total. The van der Waals surface area contributed by atoms with Gasteiger partial charge in [-0.15, -0.1) is 0 Å². The van der Waals surface area contributed by atoms with Crippen molar-refractivity contribution in [1.29, 1.82) is 0 Å². The maximum atomic E-state index is 10.3. The number of hydrogen-bond acceptors (Lipinski definition) is 6. The van der Waals surface area contributed by atoms with Gasteiger partial charge in [-0.2, -0.15) is 5.10 Å². The topological polar surface area (TPSA) is 71.8 Å². The summed E-state index contributed by atoms with van der Waals surface area (Å²) in [5.74, 6) is 1.34. The number of aromatic nitrogens is 2. The molecule has 32 heavy (non-hydrogen) atoms. The van der Waals surface area contributed by atoms with Gasteiger partial charge in [-0.05, 0) is 67.4 Å². The number of rotatable bonds is 11. The Morgan fingerprint density at radius 1 is 1.03 bits per heavy atom. The highest BCUT2D eigenvalue weighted by Gasteiger charge is 2.17. The van der Waals surface area contributed by atoms with E-state index >= 15 is 0 Å². The van der Waals surface area contributed by atoms with Crippen LogP contribution in [-0.4, -0.2) is 59.2 Å². The molecule has 2 heterocycles. The minimum Gasteiger partial charge on any atom is -0.493 e. The summed E-state index contributed by atoms with van der Waals surface area (Å²) in [4.78, 5) is 2.28. The van der Waals surface area contributed by atoms with Crippen molar-refractivity contribution in [3.63, 3.8) is 0 Å². The predicted octanol–water partition coefficient (Wildman–Crippen LogP) is 3.01. The third-order valence-corrected chi connectivity index (χ3v) is 5.66. The Kier molecular flexibility index (Phi) is 7.77. The van der Waals surface area contributed by atoms with Gasteiger partial charge in [0, 0.05) is 32.0 Å². The number of aliphatic hydroxyl groups is 1. The lowest BCUT2D eigenvalue weighted by atomic mass is 10.1. The smallest absolute Gasteiger partial charge is 0.161 e. The molecule has 0 amide bonds.